The van der Waals surface area contributed by atoms with Crippen LogP contribution in [0.4, 0.5) is 10.8 Å². The topological polar surface area (TPSA) is 100 Å². The largest absolute Gasteiger partial charge is 0.329 e. The number of halogens is 1. The lowest BCUT2D eigenvalue weighted by Gasteiger charge is -2.02. The molecule has 23 heavy (non-hydrogen) atoms. The third-order valence-electron chi connectivity index (χ3n) is 2.85. The zero-order valence-corrected chi connectivity index (χ0v) is 13.1. The van der Waals surface area contributed by atoms with Gasteiger partial charge in [-0.15, -0.1) is 11.3 Å². The van der Waals surface area contributed by atoms with Crippen molar-refractivity contribution in [1.29, 1.82) is 0 Å². The van der Waals surface area contributed by atoms with E-state index in [0.29, 0.717) is 15.8 Å². The Labute approximate surface area is 140 Å². The van der Waals surface area contributed by atoms with Crippen molar-refractivity contribution < 1.29 is 10.0 Å². The minimum Gasteiger partial charge on any atom is -0.329 e. The van der Waals surface area contributed by atoms with E-state index in [1.807, 2.05) is 29.6 Å². The summed E-state index contributed by atoms with van der Waals surface area (Å²) >= 11 is 7.30. The van der Waals surface area contributed by atoms with Crippen molar-refractivity contribution in [3.05, 3.63) is 52.9 Å². The van der Waals surface area contributed by atoms with Crippen molar-refractivity contribution in [2.24, 2.45) is 0 Å². The van der Waals surface area contributed by atoms with Gasteiger partial charge in [0.1, 0.15) is 0 Å². The number of nitrogens with zero attached hydrogens (tertiary/aromatic N) is 3. The maximum atomic E-state index is 11.1. The third-order valence-corrected chi connectivity index (χ3v) is 3.86. The van der Waals surface area contributed by atoms with Crippen LogP contribution in [0.5, 0.6) is 0 Å². The second-order valence-corrected chi connectivity index (χ2v) is 5.70. The normalized spacial score (nSPS) is 10.3. The summed E-state index contributed by atoms with van der Waals surface area (Å²) in [5.41, 5.74) is 3.84. The first kappa shape index (κ1) is 15.3. The lowest BCUT2D eigenvalue weighted by atomic mass is 10.2. The number of hydrogen-bond acceptors (Lipinski definition) is 7. The molecule has 0 aliphatic carbocycles. The maximum Gasteiger partial charge on any atom is 0.312 e. The lowest BCUT2D eigenvalue weighted by molar-refractivity contribution is 0.0694. The molecular weight excluding hydrogens is 338 g/mol. The Morgan fingerprint density at radius 3 is 2.52 bits per heavy atom. The van der Waals surface area contributed by atoms with Crippen LogP contribution in [0.1, 0.15) is 10.6 Å². The van der Waals surface area contributed by atoms with Crippen molar-refractivity contribution in [1.82, 2.24) is 20.4 Å². The Morgan fingerprint density at radius 1 is 1.17 bits per heavy atom. The van der Waals surface area contributed by atoms with E-state index in [2.05, 4.69) is 20.3 Å². The van der Waals surface area contributed by atoms with Crippen LogP contribution in [0.25, 0.3) is 11.3 Å². The van der Waals surface area contributed by atoms with E-state index < -0.39 is 5.91 Å². The van der Waals surface area contributed by atoms with Gasteiger partial charge >= 0.3 is 5.91 Å². The summed E-state index contributed by atoms with van der Waals surface area (Å²) in [5.74, 6) is -0.894. The first-order valence-corrected chi connectivity index (χ1v) is 7.66. The highest BCUT2D eigenvalue weighted by Gasteiger charge is 2.09. The van der Waals surface area contributed by atoms with Crippen LogP contribution in [0, 0.1) is 0 Å². The number of hydroxylamine groups is 1. The monoisotopic (exact) mass is 347 g/mol. The SMILES string of the molecule is O=C(NO)c1ncc(Nc2nc(-c3ccc(Cl)cc3)cs2)cn1. The molecule has 1 aromatic carbocycles. The van der Waals surface area contributed by atoms with Crippen LogP contribution >= 0.6 is 22.9 Å². The van der Waals surface area contributed by atoms with Crippen LogP contribution in [-0.2, 0) is 0 Å². The predicted molar refractivity (Wildman–Crippen MR) is 87.1 cm³/mol. The third kappa shape index (κ3) is 3.62. The lowest BCUT2D eigenvalue weighted by Crippen LogP contribution is -2.21. The number of anilines is 2. The Kier molecular flexibility index (Phi) is 4.47. The first-order valence-electron chi connectivity index (χ1n) is 6.40. The maximum absolute atomic E-state index is 11.1. The summed E-state index contributed by atoms with van der Waals surface area (Å²) in [4.78, 5) is 23.3. The van der Waals surface area contributed by atoms with Crippen molar-refractivity contribution >= 4 is 39.7 Å². The summed E-state index contributed by atoms with van der Waals surface area (Å²) in [6, 6.07) is 7.41. The Balaban J connectivity index is 1.74. The summed E-state index contributed by atoms with van der Waals surface area (Å²) in [7, 11) is 0. The average Bonchev–Trinajstić information content (AvgIpc) is 3.04. The Bertz CT molecular complexity index is 820. The molecule has 116 valence electrons. The highest BCUT2D eigenvalue weighted by atomic mass is 35.5. The minimum absolute atomic E-state index is 0.126. The van der Waals surface area contributed by atoms with E-state index in [1.54, 1.807) is 0 Å². The number of nitrogens with one attached hydrogen (secondary N) is 2. The van der Waals surface area contributed by atoms with Crippen LogP contribution in [-0.4, -0.2) is 26.1 Å². The molecular formula is C14H10ClN5O2S. The van der Waals surface area contributed by atoms with E-state index in [1.165, 1.54) is 29.2 Å². The molecule has 0 saturated heterocycles. The van der Waals surface area contributed by atoms with Gasteiger partial charge in [-0.25, -0.2) is 20.4 Å². The highest BCUT2D eigenvalue weighted by molar-refractivity contribution is 7.14. The molecule has 0 unspecified atom stereocenters. The molecule has 0 radical (unpaired) electrons. The number of carbonyl (C=O) groups excluding carboxylic acids is 1. The van der Waals surface area contributed by atoms with E-state index in [9.17, 15) is 4.79 Å². The Morgan fingerprint density at radius 2 is 1.87 bits per heavy atom. The molecule has 0 fully saturated rings. The van der Waals surface area contributed by atoms with E-state index in [4.69, 9.17) is 16.8 Å². The van der Waals surface area contributed by atoms with Gasteiger partial charge in [0.25, 0.3) is 0 Å². The van der Waals surface area contributed by atoms with Crippen molar-refractivity contribution in [3.63, 3.8) is 0 Å². The van der Waals surface area contributed by atoms with Crippen LogP contribution in [0.3, 0.4) is 0 Å². The van der Waals surface area contributed by atoms with E-state index in [0.717, 1.165) is 11.3 Å². The molecule has 1 amide bonds. The molecule has 2 heterocycles. The number of rotatable bonds is 4. The average molecular weight is 348 g/mol. The summed E-state index contributed by atoms with van der Waals surface area (Å²) < 4.78 is 0. The molecule has 3 N–H and O–H groups in total. The fourth-order valence-electron chi connectivity index (χ4n) is 1.77. The molecule has 2 aromatic heterocycles. The molecule has 3 rings (SSSR count). The van der Waals surface area contributed by atoms with Gasteiger partial charge in [0, 0.05) is 16.0 Å². The number of amides is 1. The molecule has 0 saturated carbocycles. The second-order valence-electron chi connectivity index (χ2n) is 4.41. The van der Waals surface area contributed by atoms with Gasteiger partial charge in [0.15, 0.2) is 5.13 Å². The van der Waals surface area contributed by atoms with Gasteiger partial charge in [-0.05, 0) is 12.1 Å². The van der Waals surface area contributed by atoms with Crippen LogP contribution in [0.15, 0.2) is 42.0 Å². The van der Waals surface area contributed by atoms with Gasteiger partial charge in [0.05, 0.1) is 23.8 Å². The molecule has 7 nitrogen and oxygen atoms in total. The molecule has 0 bridgehead atoms. The van der Waals surface area contributed by atoms with Crippen LogP contribution < -0.4 is 10.8 Å². The number of aromatic nitrogens is 3. The fourth-order valence-corrected chi connectivity index (χ4v) is 2.63. The van der Waals surface area contributed by atoms with Gasteiger partial charge in [-0.2, -0.15) is 0 Å². The number of benzene rings is 1. The van der Waals surface area contributed by atoms with E-state index >= 15 is 0 Å². The number of carbonyl (C=O) groups is 1. The Hall–Kier alpha value is -2.55. The summed E-state index contributed by atoms with van der Waals surface area (Å²) in [6.45, 7) is 0. The van der Waals surface area contributed by atoms with E-state index in [-0.39, 0.29) is 5.82 Å². The van der Waals surface area contributed by atoms with Gasteiger partial charge in [-0.1, -0.05) is 23.7 Å². The van der Waals surface area contributed by atoms with Gasteiger partial charge in [0.2, 0.25) is 5.82 Å². The van der Waals surface area contributed by atoms with Crippen molar-refractivity contribution in [3.8, 4) is 11.3 Å². The second kappa shape index (κ2) is 6.69. The van der Waals surface area contributed by atoms with Crippen molar-refractivity contribution in [2.45, 2.75) is 0 Å². The van der Waals surface area contributed by atoms with Gasteiger partial charge in [-0.3, -0.25) is 10.0 Å². The van der Waals surface area contributed by atoms with Crippen LogP contribution in [0.2, 0.25) is 5.02 Å². The summed E-state index contributed by atoms with van der Waals surface area (Å²) in [6.07, 6.45) is 2.86. The zero-order chi connectivity index (χ0) is 16.2. The van der Waals surface area contributed by atoms with Gasteiger partial charge < -0.3 is 5.32 Å². The first-order chi connectivity index (χ1) is 11.2. The number of thiazole rings is 1. The minimum atomic E-state index is -0.768. The smallest absolute Gasteiger partial charge is 0.312 e. The quantitative estimate of drug-likeness (QED) is 0.495. The molecule has 3 aromatic rings. The standard InChI is InChI=1S/C14H10ClN5O2S/c15-9-3-1-8(2-4-9)11-7-23-14(19-11)18-10-5-16-12(17-6-10)13(21)20-22/h1-7,22H,(H,18,19)(H,20,21). The molecule has 0 aliphatic heterocycles. The molecule has 0 aliphatic rings. The number of hydrogen-bond donors (Lipinski definition) is 3. The fraction of sp³-hybridized carbons (Fsp3) is 0. The highest BCUT2D eigenvalue weighted by Crippen LogP contribution is 2.27. The summed E-state index contributed by atoms with van der Waals surface area (Å²) in [5, 5.41) is 14.8. The molecule has 0 atom stereocenters. The van der Waals surface area contributed by atoms with Crippen molar-refractivity contribution in [2.75, 3.05) is 5.32 Å². The predicted octanol–water partition coefficient (Wildman–Crippen LogP) is 3.12. The molecule has 0 spiro atoms. The molecule has 9 heteroatoms. The zero-order valence-electron chi connectivity index (χ0n) is 11.5.